The van der Waals surface area contributed by atoms with E-state index in [4.69, 9.17) is 0 Å². The molecule has 1 heteroatoms. The molecule has 3 fully saturated rings. The van der Waals surface area contributed by atoms with Gasteiger partial charge in [0.2, 0.25) is 0 Å². The quantitative estimate of drug-likeness (QED) is 0.357. The Kier molecular flexibility index (Phi) is 4.66. The van der Waals surface area contributed by atoms with Crippen molar-refractivity contribution in [3.63, 3.8) is 0 Å². The summed E-state index contributed by atoms with van der Waals surface area (Å²) in [5.41, 5.74) is 5.12. The van der Waals surface area contributed by atoms with Gasteiger partial charge in [0.1, 0.15) is 5.78 Å². The number of carbonyl (C=O) groups is 1. The molecule has 0 bridgehead atoms. The van der Waals surface area contributed by atoms with Crippen molar-refractivity contribution < 1.29 is 4.79 Å². The van der Waals surface area contributed by atoms with Crippen LogP contribution in [0.3, 0.4) is 0 Å². The van der Waals surface area contributed by atoms with Gasteiger partial charge in [0.25, 0.3) is 0 Å². The van der Waals surface area contributed by atoms with Crippen molar-refractivity contribution >= 4 is 5.78 Å². The van der Waals surface area contributed by atoms with Crippen LogP contribution in [-0.4, -0.2) is 5.78 Å². The first kappa shape index (κ1) is 22.2. The Hall–Kier alpha value is -0.590. The SMILES string of the molecule is C[C@H]1[C@H](C)CC[C@]2(C)CC[C@]3(C)C4=C(CC[C@@]3(C)[C@H]12)[C@@]1(C)CCC(=O)C(C)(C)[C@@H]1CC4. The van der Waals surface area contributed by atoms with Crippen LogP contribution in [0.1, 0.15) is 120 Å². The standard InChI is InChI=1S/C30H48O/c1-19-11-14-27(5)17-18-29(7)22-9-10-23-26(3,4)24(31)13-15-28(23,6)21(22)12-16-30(29,8)25(27)20(19)2/h19-20,23,25H,9-18H2,1-8H3/t19-,20+,23+,25-,27-,28-,29-,30+/m1/s1. The van der Waals surface area contributed by atoms with Crippen molar-refractivity contribution in [2.24, 2.45) is 50.7 Å². The molecule has 0 N–H and O–H groups in total. The number of ketones is 1. The maximum absolute atomic E-state index is 12.9. The Morgan fingerprint density at radius 3 is 2.16 bits per heavy atom. The maximum atomic E-state index is 12.9. The van der Waals surface area contributed by atoms with Crippen molar-refractivity contribution in [1.82, 2.24) is 0 Å². The van der Waals surface area contributed by atoms with Gasteiger partial charge in [-0.15, -0.1) is 0 Å². The van der Waals surface area contributed by atoms with Gasteiger partial charge in [-0.2, -0.15) is 0 Å². The van der Waals surface area contributed by atoms with Gasteiger partial charge >= 0.3 is 0 Å². The second-order valence-corrected chi connectivity index (χ2v) is 14.4. The van der Waals surface area contributed by atoms with Crippen LogP contribution in [0.2, 0.25) is 0 Å². The van der Waals surface area contributed by atoms with Crippen molar-refractivity contribution in [3.05, 3.63) is 11.1 Å². The van der Waals surface area contributed by atoms with Gasteiger partial charge in [-0.1, -0.05) is 66.5 Å². The zero-order valence-corrected chi connectivity index (χ0v) is 21.8. The molecule has 0 spiro atoms. The minimum atomic E-state index is -0.147. The predicted octanol–water partition coefficient (Wildman–Crippen LogP) is 8.38. The van der Waals surface area contributed by atoms with E-state index >= 15 is 0 Å². The van der Waals surface area contributed by atoms with Crippen LogP contribution >= 0.6 is 0 Å². The lowest BCUT2D eigenvalue weighted by molar-refractivity contribution is -0.164. The number of Topliss-reactive ketones (excluding diaryl/α,β-unsaturated/α-hetero) is 1. The average Bonchev–Trinajstić information content (AvgIpc) is 2.70. The molecular formula is C30H48O. The Morgan fingerprint density at radius 1 is 0.742 bits per heavy atom. The van der Waals surface area contributed by atoms with Gasteiger partial charge in [-0.25, -0.2) is 0 Å². The van der Waals surface area contributed by atoms with Crippen molar-refractivity contribution in [2.45, 2.75) is 120 Å². The largest absolute Gasteiger partial charge is 0.299 e. The lowest BCUT2D eigenvalue weighted by Crippen LogP contribution is -2.62. The van der Waals surface area contributed by atoms with Gasteiger partial charge in [0, 0.05) is 11.8 Å². The number of fused-ring (bicyclic) bond motifs is 6. The van der Waals surface area contributed by atoms with E-state index in [1.54, 1.807) is 0 Å². The van der Waals surface area contributed by atoms with E-state index < -0.39 is 0 Å². The van der Waals surface area contributed by atoms with E-state index in [2.05, 4.69) is 55.4 Å². The molecule has 3 saturated carbocycles. The van der Waals surface area contributed by atoms with E-state index in [-0.39, 0.29) is 10.8 Å². The first-order valence-corrected chi connectivity index (χ1v) is 13.6. The van der Waals surface area contributed by atoms with Gasteiger partial charge in [0.05, 0.1) is 0 Å². The van der Waals surface area contributed by atoms with E-state index in [9.17, 15) is 4.79 Å². The highest BCUT2D eigenvalue weighted by molar-refractivity contribution is 5.85. The highest BCUT2D eigenvalue weighted by Crippen LogP contribution is 2.74. The van der Waals surface area contributed by atoms with Gasteiger partial charge in [-0.3, -0.25) is 4.79 Å². The molecule has 0 amide bonds. The molecule has 0 radical (unpaired) electrons. The van der Waals surface area contributed by atoms with E-state index in [0.29, 0.717) is 27.9 Å². The second-order valence-electron chi connectivity index (χ2n) is 14.4. The molecule has 0 aromatic heterocycles. The molecule has 0 saturated heterocycles. The maximum Gasteiger partial charge on any atom is 0.138 e. The molecule has 0 aromatic rings. The number of hydrogen-bond acceptors (Lipinski definition) is 1. The summed E-state index contributed by atoms with van der Waals surface area (Å²) in [5, 5.41) is 0. The summed E-state index contributed by atoms with van der Waals surface area (Å²) in [4.78, 5) is 12.9. The highest BCUT2D eigenvalue weighted by atomic mass is 16.1. The van der Waals surface area contributed by atoms with Gasteiger partial charge in [0.15, 0.2) is 0 Å². The van der Waals surface area contributed by atoms with Crippen LogP contribution in [0.15, 0.2) is 11.1 Å². The molecule has 174 valence electrons. The lowest BCUT2D eigenvalue weighted by atomic mass is 9.35. The first-order chi connectivity index (χ1) is 14.3. The molecule has 31 heavy (non-hydrogen) atoms. The van der Waals surface area contributed by atoms with E-state index in [1.165, 1.54) is 51.4 Å². The smallest absolute Gasteiger partial charge is 0.138 e. The Bertz CT molecular complexity index is 833. The summed E-state index contributed by atoms with van der Waals surface area (Å²) >= 11 is 0. The normalized spacial score (nSPS) is 53.9. The minimum absolute atomic E-state index is 0.147. The van der Waals surface area contributed by atoms with Crippen molar-refractivity contribution in [1.29, 1.82) is 0 Å². The summed E-state index contributed by atoms with van der Waals surface area (Å²) in [5.74, 6) is 3.61. The molecule has 8 atom stereocenters. The first-order valence-electron chi connectivity index (χ1n) is 13.6. The zero-order valence-electron chi connectivity index (χ0n) is 21.8. The van der Waals surface area contributed by atoms with Crippen LogP contribution in [0.4, 0.5) is 0 Å². The molecule has 0 unspecified atom stereocenters. The van der Waals surface area contributed by atoms with Gasteiger partial charge in [-0.05, 0) is 103 Å². The molecule has 0 heterocycles. The second kappa shape index (κ2) is 6.50. The third-order valence-electron chi connectivity index (χ3n) is 13.0. The Morgan fingerprint density at radius 2 is 1.45 bits per heavy atom. The Balaban J connectivity index is 1.61. The predicted molar refractivity (Wildman–Crippen MR) is 130 cm³/mol. The number of carbonyl (C=O) groups excluding carboxylic acids is 1. The molecule has 5 aliphatic rings. The summed E-state index contributed by atoms with van der Waals surface area (Å²) in [7, 11) is 0. The van der Waals surface area contributed by atoms with Crippen molar-refractivity contribution in [3.8, 4) is 0 Å². The molecule has 1 nitrogen and oxygen atoms in total. The fraction of sp³-hybridized carbons (Fsp3) is 0.900. The molecule has 5 rings (SSSR count). The molecule has 0 aliphatic heterocycles. The van der Waals surface area contributed by atoms with E-state index in [1.807, 2.05) is 11.1 Å². The third kappa shape index (κ3) is 2.59. The molecule has 5 aliphatic carbocycles. The summed E-state index contributed by atoms with van der Waals surface area (Å²) < 4.78 is 0. The fourth-order valence-electron chi connectivity index (χ4n) is 10.8. The number of hydrogen-bond donors (Lipinski definition) is 0. The van der Waals surface area contributed by atoms with Crippen LogP contribution in [-0.2, 0) is 4.79 Å². The number of allylic oxidation sites excluding steroid dienone is 2. The summed E-state index contributed by atoms with van der Waals surface area (Å²) in [6.45, 7) is 20.3. The molecular weight excluding hydrogens is 376 g/mol. The fourth-order valence-corrected chi connectivity index (χ4v) is 10.8. The third-order valence-corrected chi connectivity index (χ3v) is 13.0. The van der Waals surface area contributed by atoms with Crippen molar-refractivity contribution in [2.75, 3.05) is 0 Å². The van der Waals surface area contributed by atoms with Crippen LogP contribution in [0.25, 0.3) is 0 Å². The monoisotopic (exact) mass is 424 g/mol. The van der Waals surface area contributed by atoms with Crippen LogP contribution in [0.5, 0.6) is 0 Å². The zero-order chi connectivity index (χ0) is 22.6. The van der Waals surface area contributed by atoms with Crippen LogP contribution in [0, 0.1) is 50.7 Å². The molecule has 0 aromatic carbocycles. The average molecular weight is 425 g/mol. The topological polar surface area (TPSA) is 17.1 Å². The summed E-state index contributed by atoms with van der Waals surface area (Å²) in [6, 6.07) is 0. The lowest BCUT2D eigenvalue weighted by Gasteiger charge is -2.70. The minimum Gasteiger partial charge on any atom is -0.299 e. The highest BCUT2D eigenvalue weighted by Gasteiger charge is 2.66. The summed E-state index contributed by atoms with van der Waals surface area (Å²) in [6.07, 6.45) is 12.7. The number of rotatable bonds is 0. The Labute approximate surface area is 192 Å². The van der Waals surface area contributed by atoms with E-state index in [0.717, 1.165) is 30.6 Å². The van der Waals surface area contributed by atoms with Crippen LogP contribution < -0.4 is 0 Å². The van der Waals surface area contributed by atoms with Gasteiger partial charge < -0.3 is 0 Å².